The Morgan fingerprint density at radius 1 is 1.40 bits per heavy atom. The molecule has 1 aromatic carbocycles. The highest BCUT2D eigenvalue weighted by Crippen LogP contribution is 2.19. The van der Waals surface area contributed by atoms with E-state index in [0.717, 1.165) is 31.7 Å². The number of methoxy groups -OCH3 is 1. The van der Waals surface area contributed by atoms with Gasteiger partial charge in [-0.15, -0.1) is 0 Å². The highest BCUT2D eigenvalue weighted by molar-refractivity contribution is 9.10. The van der Waals surface area contributed by atoms with Crippen LogP contribution in [0.15, 0.2) is 22.7 Å². The Hall–Kier alpha value is -0.610. The van der Waals surface area contributed by atoms with Gasteiger partial charge in [-0.3, -0.25) is 0 Å². The molecule has 0 unspecified atom stereocenters. The molecule has 0 radical (unpaired) electrons. The molecule has 1 N–H and O–H groups in total. The van der Waals surface area contributed by atoms with Gasteiger partial charge in [-0.2, -0.15) is 0 Å². The van der Waals surface area contributed by atoms with Gasteiger partial charge in [-0.05, 0) is 47.0 Å². The van der Waals surface area contributed by atoms with E-state index in [2.05, 4.69) is 21.2 Å². The Kier molecular flexibility index (Phi) is 5.65. The molecule has 15 heavy (non-hydrogen) atoms. The van der Waals surface area contributed by atoms with Crippen LogP contribution in [0.1, 0.15) is 12.8 Å². The van der Waals surface area contributed by atoms with Gasteiger partial charge in [0.2, 0.25) is 0 Å². The minimum absolute atomic E-state index is 0.236. The van der Waals surface area contributed by atoms with Crippen molar-refractivity contribution in [3.8, 4) is 0 Å². The predicted octanol–water partition coefficient (Wildman–Crippen LogP) is 3.43. The van der Waals surface area contributed by atoms with Crippen molar-refractivity contribution < 1.29 is 9.13 Å². The van der Waals surface area contributed by atoms with E-state index in [4.69, 9.17) is 4.74 Å². The Balaban J connectivity index is 2.28. The van der Waals surface area contributed by atoms with E-state index in [1.54, 1.807) is 19.2 Å². The largest absolute Gasteiger partial charge is 0.385 e. The quantitative estimate of drug-likeness (QED) is 0.804. The molecule has 0 fully saturated rings. The molecule has 0 aliphatic rings. The van der Waals surface area contributed by atoms with Crippen LogP contribution in [0.2, 0.25) is 0 Å². The molecule has 4 heteroatoms. The van der Waals surface area contributed by atoms with Gasteiger partial charge in [0.1, 0.15) is 5.82 Å². The van der Waals surface area contributed by atoms with Crippen molar-refractivity contribution in [1.82, 2.24) is 0 Å². The van der Waals surface area contributed by atoms with Gasteiger partial charge in [0, 0.05) is 25.9 Å². The van der Waals surface area contributed by atoms with Crippen LogP contribution in [0.25, 0.3) is 0 Å². The minimum Gasteiger partial charge on any atom is -0.385 e. The Morgan fingerprint density at radius 3 is 2.87 bits per heavy atom. The van der Waals surface area contributed by atoms with Crippen molar-refractivity contribution >= 4 is 21.6 Å². The Labute approximate surface area is 98.0 Å². The minimum atomic E-state index is -0.236. The third kappa shape index (κ3) is 4.62. The van der Waals surface area contributed by atoms with E-state index < -0.39 is 0 Å². The summed E-state index contributed by atoms with van der Waals surface area (Å²) in [6.45, 7) is 1.66. The van der Waals surface area contributed by atoms with Crippen LogP contribution in [-0.4, -0.2) is 20.3 Å². The third-order valence-corrected chi connectivity index (χ3v) is 2.63. The first-order valence-electron chi connectivity index (χ1n) is 4.92. The van der Waals surface area contributed by atoms with Crippen molar-refractivity contribution in [1.29, 1.82) is 0 Å². The standard InChI is InChI=1S/C11H15BrFNO/c1-15-7-3-2-6-14-9-4-5-11(13)10(12)8-9/h4-5,8,14H,2-3,6-7H2,1H3. The zero-order valence-electron chi connectivity index (χ0n) is 8.72. The molecule has 0 aromatic heterocycles. The number of nitrogens with one attached hydrogen (secondary N) is 1. The molecule has 0 amide bonds. The lowest BCUT2D eigenvalue weighted by molar-refractivity contribution is 0.194. The van der Waals surface area contributed by atoms with Crippen molar-refractivity contribution in [2.75, 3.05) is 25.6 Å². The van der Waals surface area contributed by atoms with Crippen LogP contribution < -0.4 is 5.32 Å². The van der Waals surface area contributed by atoms with E-state index in [-0.39, 0.29) is 5.82 Å². The number of rotatable bonds is 6. The molecule has 1 rings (SSSR count). The van der Waals surface area contributed by atoms with Crippen LogP contribution in [0.4, 0.5) is 10.1 Å². The highest BCUT2D eigenvalue weighted by Gasteiger charge is 1.99. The first kappa shape index (κ1) is 12.5. The molecule has 0 saturated heterocycles. The normalized spacial score (nSPS) is 10.3. The van der Waals surface area contributed by atoms with Crippen LogP contribution in [0, 0.1) is 5.82 Å². The summed E-state index contributed by atoms with van der Waals surface area (Å²) in [7, 11) is 1.70. The number of benzene rings is 1. The lowest BCUT2D eigenvalue weighted by atomic mass is 10.3. The SMILES string of the molecule is COCCCCNc1ccc(F)c(Br)c1. The molecule has 0 bridgehead atoms. The van der Waals surface area contributed by atoms with Crippen LogP contribution in [-0.2, 0) is 4.74 Å². The first-order chi connectivity index (χ1) is 7.24. The highest BCUT2D eigenvalue weighted by atomic mass is 79.9. The lowest BCUT2D eigenvalue weighted by Gasteiger charge is -2.06. The number of hydrogen-bond donors (Lipinski definition) is 1. The van der Waals surface area contributed by atoms with E-state index >= 15 is 0 Å². The van der Waals surface area contributed by atoms with Gasteiger partial charge in [-0.25, -0.2) is 4.39 Å². The summed E-state index contributed by atoms with van der Waals surface area (Å²) < 4.78 is 18.3. The lowest BCUT2D eigenvalue weighted by Crippen LogP contribution is -2.03. The van der Waals surface area contributed by atoms with E-state index in [1.807, 2.05) is 0 Å². The van der Waals surface area contributed by atoms with Crippen LogP contribution in [0.5, 0.6) is 0 Å². The number of anilines is 1. The van der Waals surface area contributed by atoms with Crippen molar-refractivity contribution in [2.24, 2.45) is 0 Å². The molecule has 0 aliphatic heterocycles. The fraction of sp³-hybridized carbons (Fsp3) is 0.455. The smallest absolute Gasteiger partial charge is 0.137 e. The number of halogens is 2. The predicted molar refractivity (Wildman–Crippen MR) is 63.7 cm³/mol. The van der Waals surface area contributed by atoms with Crippen molar-refractivity contribution in [3.05, 3.63) is 28.5 Å². The van der Waals surface area contributed by atoms with E-state index in [1.165, 1.54) is 6.07 Å². The molecule has 0 heterocycles. The molecular formula is C11H15BrFNO. The van der Waals surface area contributed by atoms with Gasteiger partial charge in [-0.1, -0.05) is 0 Å². The average Bonchev–Trinajstić information content (AvgIpc) is 2.23. The second kappa shape index (κ2) is 6.80. The van der Waals surface area contributed by atoms with Gasteiger partial charge in [0.05, 0.1) is 4.47 Å². The van der Waals surface area contributed by atoms with Crippen LogP contribution >= 0.6 is 15.9 Å². The fourth-order valence-corrected chi connectivity index (χ4v) is 1.59. The second-order valence-corrected chi connectivity index (χ2v) is 4.11. The zero-order valence-corrected chi connectivity index (χ0v) is 10.3. The van der Waals surface area contributed by atoms with Gasteiger partial charge in [0.25, 0.3) is 0 Å². The molecule has 0 aliphatic carbocycles. The van der Waals surface area contributed by atoms with Crippen LogP contribution in [0.3, 0.4) is 0 Å². The summed E-state index contributed by atoms with van der Waals surface area (Å²) in [5.74, 6) is -0.236. The van der Waals surface area contributed by atoms with Crippen molar-refractivity contribution in [2.45, 2.75) is 12.8 Å². The summed E-state index contributed by atoms with van der Waals surface area (Å²) in [5, 5.41) is 3.22. The maximum atomic E-state index is 12.9. The van der Waals surface area contributed by atoms with Crippen molar-refractivity contribution in [3.63, 3.8) is 0 Å². The third-order valence-electron chi connectivity index (χ3n) is 2.02. The monoisotopic (exact) mass is 275 g/mol. The Bertz CT molecular complexity index is 307. The number of ether oxygens (including phenoxy) is 1. The van der Waals surface area contributed by atoms with Gasteiger partial charge in [0.15, 0.2) is 0 Å². The van der Waals surface area contributed by atoms with Gasteiger partial charge >= 0.3 is 0 Å². The molecule has 0 spiro atoms. The first-order valence-corrected chi connectivity index (χ1v) is 5.71. The summed E-state index contributed by atoms with van der Waals surface area (Å²) in [5.41, 5.74) is 0.931. The average molecular weight is 276 g/mol. The Morgan fingerprint density at radius 2 is 2.20 bits per heavy atom. The van der Waals surface area contributed by atoms with E-state index in [9.17, 15) is 4.39 Å². The maximum absolute atomic E-state index is 12.9. The molecule has 0 atom stereocenters. The number of unbranched alkanes of at least 4 members (excludes halogenated alkanes) is 1. The topological polar surface area (TPSA) is 21.3 Å². The molecular weight excluding hydrogens is 261 g/mol. The summed E-state index contributed by atoms with van der Waals surface area (Å²) in [6.07, 6.45) is 2.08. The fourth-order valence-electron chi connectivity index (χ4n) is 1.21. The zero-order chi connectivity index (χ0) is 11.1. The molecule has 84 valence electrons. The molecule has 2 nitrogen and oxygen atoms in total. The number of hydrogen-bond acceptors (Lipinski definition) is 2. The molecule has 0 saturated carbocycles. The molecule has 1 aromatic rings. The van der Waals surface area contributed by atoms with E-state index in [0.29, 0.717) is 4.47 Å². The second-order valence-electron chi connectivity index (χ2n) is 3.26. The van der Waals surface area contributed by atoms with Gasteiger partial charge < -0.3 is 10.1 Å². The summed E-state index contributed by atoms with van der Waals surface area (Å²) in [4.78, 5) is 0. The summed E-state index contributed by atoms with van der Waals surface area (Å²) >= 11 is 3.14. The summed E-state index contributed by atoms with van der Waals surface area (Å²) in [6, 6.07) is 4.92. The maximum Gasteiger partial charge on any atom is 0.137 e.